The van der Waals surface area contributed by atoms with E-state index in [9.17, 15) is 4.79 Å². The summed E-state index contributed by atoms with van der Waals surface area (Å²) < 4.78 is 12.5. The molecule has 0 unspecified atom stereocenters. The lowest BCUT2D eigenvalue weighted by Crippen LogP contribution is -2.19. The number of benzene rings is 2. The molecule has 2 aromatic heterocycles. The minimum absolute atomic E-state index is 0.205. The van der Waals surface area contributed by atoms with E-state index in [-0.39, 0.29) is 5.92 Å². The molecule has 0 saturated heterocycles. The van der Waals surface area contributed by atoms with Crippen LogP contribution in [-0.2, 0) is 0 Å². The molecule has 2 amide bonds. The molecule has 2 aromatic carbocycles. The summed E-state index contributed by atoms with van der Waals surface area (Å²) in [4.78, 5) is 21.6. The standard InChI is InChI=1S/C24H25ClN6O3/c1-13(2)23-30-20(21-22(26)27-9-10-31(21)23)14-5-7-15(8-6-14)28-24(32)29-17-11-16(25)18(33-3)12-19(17)34-4/h5-13H,1-4H3,(H2,26,27)(H2,28,29,32). The molecule has 0 fully saturated rings. The number of nitrogens with two attached hydrogens (primary N) is 1. The predicted octanol–water partition coefficient (Wildman–Crippen LogP) is 5.42. The number of amides is 2. The number of fused-ring (bicyclic) bond motifs is 1. The lowest BCUT2D eigenvalue weighted by Gasteiger charge is -2.14. The molecule has 4 rings (SSSR count). The summed E-state index contributed by atoms with van der Waals surface area (Å²) >= 11 is 6.18. The normalized spacial score (nSPS) is 11.0. The van der Waals surface area contributed by atoms with Crippen LogP contribution in [0.2, 0.25) is 5.02 Å². The number of nitrogen functional groups attached to an aromatic ring is 1. The van der Waals surface area contributed by atoms with Crippen LogP contribution in [0, 0.1) is 0 Å². The third-order valence-electron chi connectivity index (χ3n) is 5.27. The fourth-order valence-corrected chi connectivity index (χ4v) is 3.89. The minimum atomic E-state index is -0.449. The number of nitrogens with zero attached hydrogens (tertiary/aromatic N) is 3. The number of aromatic nitrogens is 3. The maximum absolute atomic E-state index is 12.6. The number of methoxy groups -OCH3 is 2. The van der Waals surface area contributed by atoms with Crippen LogP contribution in [-0.4, -0.2) is 34.6 Å². The third kappa shape index (κ3) is 4.42. The fourth-order valence-electron chi connectivity index (χ4n) is 3.65. The molecule has 0 saturated carbocycles. The highest BCUT2D eigenvalue weighted by molar-refractivity contribution is 6.32. The van der Waals surface area contributed by atoms with Gasteiger partial charge in [0.25, 0.3) is 0 Å². The van der Waals surface area contributed by atoms with Gasteiger partial charge in [0.1, 0.15) is 34.4 Å². The van der Waals surface area contributed by atoms with Crippen LogP contribution in [0.4, 0.5) is 22.0 Å². The highest BCUT2D eigenvalue weighted by Gasteiger charge is 2.18. The molecule has 2 heterocycles. The van der Waals surface area contributed by atoms with Gasteiger partial charge in [0.15, 0.2) is 0 Å². The highest BCUT2D eigenvalue weighted by Crippen LogP contribution is 2.36. The summed E-state index contributed by atoms with van der Waals surface area (Å²) in [6.07, 6.45) is 3.52. The van der Waals surface area contributed by atoms with Gasteiger partial charge < -0.3 is 25.8 Å². The molecule has 10 heteroatoms. The number of nitrogens with one attached hydrogen (secondary N) is 2. The Hall–Kier alpha value is -3.98. The van der Waals surface area contributed by atoms with Crippen LogP contribution in [0.1, 0.15) is 25.6 Å². The van der Waals surface area contributed by atoms with Crippen LogP contribution in [0.25, 0.3) is 16.8 Å². The smallest absolute Gasteiger partial charge is 0.323 e. The van der Waals surface area contributed by atoms with Crippen LogP contribution >= 0.6 is 11.6 Å². The number of carbonyl (C=O) groups excluding carboxylic acids is 1. The molecule has 0 aliphatic carbocycles. The number of halogens is 1. The zero-order valence-electron chi connectivity index (χ0n) is 19.2. The summed E-state index contributed by atoms with van der Waals surface area (Å²) in [5.41, 5.74) is 9.53. The van der Waals surface area contributed by atoms with Crippen LogP contribution in [0.15, 0.2) is 48.8 Å². The molecular weight excluding hydrogens is 456 g/mol. The molecule has 9 nitrogen and oxygen atoms in total. The molecule has 4 N–H and O–H groups in total. The van der Waals surface area contributed by atoms with Crippen molar-refractivity contribution >= 4 is 40.3 Å². The van der Waals surface area contributed by atoms with E-state index >= 15 is 0 Å². The van der Waals surface area contributed by atoms with Crippen LogP contribution in [0.3, 0.4) is 0 Å². The van der Waals surface area contributed by atoms with Crippen molar-refractivity contribution in [2.45, 2.75) is 19.8 Å². The molecule has 0 atom stereocenters. The Morgan fingerprint density at radius 2 is 1.79 bits per heavy atom. The van der Waals surface area contributed by atoms with E-state index < -0.39 is 6.03 Å². The summed E-state index contributed by atoms with van der Waals surface area (Å²) in [7, 11) is 3.00. The maximum Gasteiger partial charge on any atom is 0.323 e. The number of urea groups is 1. The zero-order chi connectivity index (χ0) is 24.4. The minimum Gasteiger partial charge on any atom is -0.495 e. The average Bonchev–Trinajstić information content (AvgIpc) is 3.21. The van der Waals surface area contributed by atoms with E-state index in [2.05, 4.69) is 29.5 Å². The van der Waals surface area contributed by atoms with Gasteiger partial charge in [0.2, 0.25) is 0 Å². The second-order valence-corrected chi connectivity index (χ2v) is 8.26. The largest absolute Gasteiger partial charge is 0.495 e. The van der Waals surface area contributed by atoms with Crippen molar-refractivity contribution in [1.82, 2.24) is 14.4 Å². The van der Waals surface area contributed by atoms with Crippen molar-refractivity contribution in [3.63, 3.8) is 0 Å². The third-order valence-corrected chi connectivity index (χ3v) is 5.56. The van der Waals surface area contributed by atoms with E-state index in [0.717, 1.165) is 22.6 Å². The second kappa shape index (κ2) is 9.48. The lowest BCUT2D eigenvalue weighted by molar-refractivity contribution is 0.262. The summed E-state index contributed by atoms with van der Waals surface area (Å²) in [6.45, 7) is 4.15. The topological polar surface area (TPSA) is 116 Å². The van der Waals surface area contributed by atoms with Crippen molar-refractivity contribution in [3.05, 3.63) is 59.6 Å². The molecule has 0 bridgehead atoms. The molecule has 176 valence electrons. The number of ether oxygens (including phenoxy) is 2. The Morgan fingerprint density at radius 1 is 1.09 bits per heavy atom. The van der Waals surface area contributed by atoms with Crippen molar-refractivity contribution in [1.29, 1.82) is 0 Å². The van der Waals surface area contributed by atoms with E-state index in [4.69, 9.17) is 31.8 Å². The zero-order valence-corrected chi connectivity index (χ0v) is 20.0. The molecule has 4 aromatic rings. The fraction of sp³-hybridized carbons (Fsp3) is 0.208. The molecule has 0 aliphatic rings. The Morgan fingerprint density at radius 3 is 2.44 bits per heavy atom. The van der Waals surface area contributed by atoms with Crippen molar-refractivity contribution in [2.24, 2.45) is 0 Å². The van der Waals surface area contributed by atoms with E-state index in [1.807, 2.05) is 22.7 Å². The SMILES string of the molecule is COc1cc(OC)c(NC(=O)Nc2ccc(-c3nc(C(C)C)n4ccnc(N)c34)cc2)cc1Cl. The van der Waals surface area contributed by atoms with Gasteiger partial charge in [0.05, 0.1) is 24.9 Å². The van der Waals surface area contributed by atoms with Gasteiger partial charge in [-0.1, -0.05) is 37.6 Å². The molecule has 0 radical (unpaired) electrons. The van der Waals surface area contributed by atoms with Gasteiger partial charge in [-0.15, -0.1) is 0 Å². The van der Waals surface area contributed by atoms with Gasteiger partial charge in [-0.25, -0.2) is 14.8 Å². The summed E-state index contributed by atoms with van der Waals surface area (Å²) in [5.74, 6) is 2.38. The van der Waals surface area contributed by atoms with E-state index in [0.29, 0.717) is 33.7 Å². The average molecular weight is 481 g/mol. The maximum atomic E-state index is 12.6. The van der Waals surface area contributed by atoms with Gasteiger partial charge in [-0.05, 0) is 18.2 Å². The van der Waals surface area contributed by atoms with Crippen LogP contribution in [0.5, 0.6) is 11.5 Å². The Kier molecular flexibility index (Phi) is 6.47. The first-order valence-electron chi connectivity index (χ1n) is 10.5. The number of rotatable bonds is 6. The Labute approximate surface area is 201 Å². The van der Waals surface area contributed by atoms with E-state index in [1.165, 1.54) is 14.2 Å². The molecule has 0 aliphatic heterocycles. The van der Waals surface area contributed by atoms with Crippen molar-refractivity contribution in [3.8, 4) is 22.8 Å². The number of hydrogen-bond acceptors (Lipinski definition) is 6. The van der Waals surface area contributed by atoms with E-state index in [1.54, 1.807) is 30.5 Å². The van der Waals surface area contributed by atoms with Gasteiger partial charge in [0, 0.05) is 35.6 Å². The molecular formula is C24H25ClN6O3. The first kappa shape index (κ1) is 23.2. The Balaban J connectivity index is 1.56. The number of carbonyl (C=O) groups is 1. The van der Waals surface area contributed by atoms with Gasteiger partial charge in [-0.3, -0.25) is 4.40 Å². The highest BCUT2D eigenvalue weighted by atomic mass is 35.5. The van der Waals surface area contributed by atoms with Crippen LogP contribution < -0.4 is 25.8 Å². The summed E-state index contributed by atoms with van der Waals surface area (Å²) in [5, 5.41) is 5.89. The number of hydrogen-bond donors (Lipinski definition) is 3. The van der Waals surface area contributed by atoms with Gasteiger partial charge >= 0.3 is 6.03 Å². The predicted molar refractivity (Wildman–Crippen MR) is 134 cm³/mol. The number of imidazole rings is 1. The van der Waals surface area contributed by atoms with Crippen molar-refractivity contribution < 1.29 is 14.3 Å². The molecule has 34 heavy (non-hydrogen) atoms. The first-order valence-corrected chi connectivity index (χ1v) is 10.9. The monoisotopic (exact) mass is 480 g/mol. The van der Waals surface area contributed by atoms with Gasteiger partial charge in [-0.2, -0.15) is 0 Å². The quantitative estimate of drug-likeness (QED) is 0.339. The number of anilines is 3. The molecule has 0 spiro atoms. The first-order chi connectivity index (χ1) is 16.3. The summed E-state index contributed by atoms with van der Waals surface area (Å²) in [6, 6.07) is 10.1. The van der Waals surface area contributed by atoms with Crippen molar-refractivity contribution in [2.75, 3.05) is 30.6 Å². The lowest BCUT2D eigenvalue weighted by atomic mass is 10.1. The second-order valence-electron chi connectivity index (χ2n) is 7.85. The Bertz CT molecular complexity index is 1350.